The summed E-state index contributed by atoms with van der Waals surface area (Å²) in [5, 5.41) is 0. The van der Waals surface area contributed by atoms with Crippen molar-refractivity contribution in [3.05, 3.63) is 47.8 Å². The minimum absolute atomic E-state index is 0.0909. The topological polar surface area (TPSA) is 43.8 Å². The van der Waals surface area contributed by atoms with Crippen LogP contribution in [-0.4, -0.2) is 9.55 Å². The average molecular weight is 261 g/mol. The molecule has 102 valence electrons. The van der Waals surface area contributed by atoms with Gasteiger partial charge in [0.1, 0.15) is 5.82 Å². The van der Waals surface area contributed by atoms with Crippen molar-refractivity contribution in [1.82, 2.24) is 9.55 Å². The third kappa shape index (κ3) is 3.01. The molecule has 2 aromatic rings. The van der Waals surface area contributed by atoms with Crippen molar-refractivity contribution in [2.45, 2.75) is 33.2 Å². The molecule has 0 aliphatic carbocycles. The molecule has 1 atom stereocenters. The molecule has 0 saturated heterocycles. The summed E-state index contributed by atoms with van der Waals surface area (Å²) in [6.07, 6.45) is 4.31. The molecule has 4 heteroatoms. The monoisotopic (exact) mass is 261 g/mol. The Labute approximate surface area is 113 Å². The predicted octanol–water partition coefficient (Wildman–Crippen LogP) is 3.37. The van der Waals surface area contributed by atoms with Crippen molar-refractivity contribution in [1.29, 1.82) is 0 Å². The lowest BCUT2D eigenvalue weighted by Gasteiger charge is -2.16. The van der Waals surface area contributed by atoms with Crippen LogP contribution in [0.25, 0.3) is 5.69 Å². The third-order valence-corrected chi connectivity index (χ3v) is 3.21. The Morgan fingerprint density at radius 3 is 2.74 bits per heavy atom. The molecular weight excluding hydrogens is 241 g/mol. The second kappa shape index (κ2) is 5.53. The van der Waals surface area contributed by atoms with Crippen molar-refractivity contribution < 1.29 is 4.39 Å². The number of imidazole rings is 1. The van der Waals surface area contributed by atoms with Gasteiger partial charge in [-0.1, -0.05) is 19.9 Å². The molecule has 0 saturated carbocycles. The molecule has 0 amide bonds. The van der Waals surface area contributed by atoms with Gasteiger partial charge in [-0.3, -0.25) is 0 Å². The molecule has 0 aliphatic rings. The molecule has 2 N–H and O–H groups in total. The number of benzene rings is 1. The van der Waals surface area contributed by atoms with Crippen molar-refractivity contribution in [3.63, 3.8) is 0 Å². The van der Waals surface area contributed by atoms with Crippen LogP contribution < -0.4 is 5.73 Å². The summed E-state index contributed by atoms with van der Waals surface area (Å²) in [4.78, 5) is 4.14. The summed E-state index contributed by atoms with van der Waals surface area (Å²) in [5.74, 6) is 0.294. The minimum atomic E-state index is -0.213. The Morgan fingerprint density at radius 1 is 1.37 bits per heavy atom. The molecule has 3 nitrogen and oxygen atoms in total. The van der Waals surface area contributed by atoms with Crippen LogP contribution in [-0.2, 0) is 0 Å². The van der Waals surface area contributed by atoms with Crippen molar-refractivity contribution in [2.75, 3.05) is 0 Å². The second-order valence-corrected chi connectivity index (χ2v) is 5.36. The van der Waals surface area contributed by atoms with E-state index >= 15 is 0 Å². The van der Waals surface area contributed by atoms with Crippen molar-refractivity contribution in [3.8, 4) is 5.69 Å². The Kier molecular flexibility index (Phi) is 4.00. The van der Waals surface area contributed by atoms with Crippen LogP contribution in [0, 0.1) is 18.7 Å². The lowest BCUT2D eigenvalue weighted by atomic mass is 10.0. The SMILES string of the molecule is Cc1ccc(-n2cncc2C(N)CC(C)C)cc1F. The van der Waals surface area contributed by atoms with Gasteiger partial charge in [0.15, 0.2) is 0 Å². The first-order valence-corrected chi connectivity index (χ1v) is 6.53. The zero-order chi connectivity index (χ0) is 14.0. The summed E-state index contributed by atoms with van der Waals surface area (Å²) < 4.78 is 15.5. The molecule has 1 unspecified atom stereocenters. The quantitative estimate of drug-likeness (QED) is 0.917. The van der Waals surface area contributed by atoms with Gasteiger partial charge in [0.25, 0.3) is 0 Å². The number of halogens is 1. The van der Waals surface area contributed by atoms with Crippen LogP contribution >= 0.6 is 0 Å². The minimum Gasteiger partial charge on any atom is -0.323 e. The number of aryl methyl sites for hydroxylation is 1. The standard InChI is InChI=1S/C15H20FN3/c1-10(2)6-14(17)15-8-18-9-19(15)12-5-4-11(3)13(16)7-12/h4-5,7-10,14H,6,17H2,1-3H3. The van der Waals surface area contributed by atoms with Gasteiger partial charge in [0.05, 0.1) is 18.2 Å². The zero-order valence-corrected chi connectivity index (χ0v) is 11.6. The van der Waals surface area contributed by atoms with Crippen LogP contribution in [0.2, 0.25) is 0 Å². The summed E-state index contributed by atoms with van der Waals surface area (Å²) in [6, 6.07) is 5.07. The fourth-order valence-electron chi connectivity index (χ4n) is 2.16. The summed E-state index contributed by atoms with van der Waals surface area (Å²) >= 11 is 0. The van der Waals surface area contributed by atoms with E-state index in [-0.39, 0.29) is 11.9 Å². The number of nitrogens with two attached hydrogens (primary N) is 1. The van der Waals surface area contributed by atoms with E-state index in [0.717, 1.165) is 17.8 Å². The van der Waals surface area contributed by atoms with E-state index in [4.69, 9.17) is 5.73 Å². The average Bonchev–Trinajstić information content (AvgIpc) is 2.81. The fourth-order valence-corrected chi connectivity index (χ4v) is 2.16. The predicted molar refractivity (Wildman–Crippen MR) is 74.6 cm³/mol. The summed E-state index contributed by atoms with van der Waals surface area (Å²) in [7, 11) is 0. The molecule has 1 aromatic carbocycles. The highest BCUT2D eigenvalue weighted by atomic mass is 19.1. The largest absolute Gasteiger partial charge is 0.323 e. The van der Waals surface area contributed by atoms with Gasteiger partial charge < -0.3 is 10.3 Å². The second-order valence-electron chi connectivity index (χ2n) is 5.36. The lowest BCUT2D eigenvalue weighted by molar-refractivity contribution is 0.497. The molecule has 0 aliphatic heterocycles. The molecule has 1 heterocycles. The van der Waals surface area contributed by atoms with E-state index in [1.165, 1.54) is 6.07 Å². The molecule has 0 fully saturated rings. The summed E-state index contributed by atoms with van der Waals surface area (Å²) in [5.41, 5.74) is 8.50. The Morgan fingerprint density at radius 2 is 2.11 bits per heavy atom. The van der Waals surface area contributed by atoms with E-state index in [9.17, 15) is 4.39 Å². The molecule has 1 aromatic heterocycles. The number of rotatable bonds is 4. The first kappa shape index (κ1) is 13.7. The number of aromatic nitrogens is 2. The number of nitrogens with zero attached hydrogens (tertiary/aromatic N) is 2. The fraction of sp³-hybridized carbons (Fsp3) is 0.400. The maximum Gasteiger partial charge on any atom is 0.128 e. The van der Waals surface area contributed by atoms with Gasteiger partial charge >= 0.3 is 0 Å². The molecule has 2 rings (SSSR count). The van der Waals surface area contributed by atoms with Crippen LogP contribution in [0.5, 0.6) is 0 Å². The van der Waals surface area contributed by atoms with Gasteiger partial charge in [-0.2, -0.15) is 0 Å². The van der Waals surface area contributed by atoms with E-state index in [1.807, 2.05) is 10.6 Å². The van der Waals surface area contributed by atoms with Gasteiger partial charge in [-0.05, 0) is 37.0 Å². The highest BCUT2D eigenvalue weighted by Gasteiger charge is 2.14. The van der Waals surface area contributed by atoms with Gasteiger partial charge in [-0.25, -0.2) is 9.37 Å². The first-order chi connectivity index (χ1) is 8.99. The number of hydrogen-bond donors (Lipinski definition) is 1. The van der Waals surface area contributed by atoms with E-state index in [2.05, 4.69) is 18.8 Å². The molecule has 0 spiro atoms. The molecule has 19 heavy (non-hydrogen) atoms. The first-order valence-electron chi connectivity index (χ1n) is 6.53. The van der Waals surface area contributed by atoms with Gasteiger partial charge in [-0.15, -0.1) is 0 Å². The Hall–Kier alpha value is -1.68. The highest BCUT2D eigenvalue weighted by molar-refractivity contribution is 5.37. The maximum absolute atomic E-state index is 13.6. The van der Waals surface area contributed by atoms with Crippen LogP contribution in [0.4, 0.5) is 4.39 Å². The zero-order valence-electron chi connectivity index (χ0n) is 11.6. The van der Waals surface area contributed by atoms with E-state index in [0.29, 0.717) is 11.5 Å². The lowest BCUT2D eigenvalue weighted by Crippen LogP contribution is -2.16. The molecular formula is C15H20FN3. The van der Waals surface area contributed by atoms with Crippen LogP contribution in [0.1, 0.15) is 37.6 Å². The third-order valence-electron chi connectivity index (χ3n) is 3.21. The molecule has 0 radical (unpaired) electrons. The Balaban J connectivity index is 2.35. The normalized spacial score (nSPS) is 12.9. The Bertz CT molecular complexity index is 560. The van der Waals surface area contributed by atoms with E-state index < -0.39 is 0 Å². The smallest absolute Gasteiger partial charge is 0.128 e. The highest BCUT2D eigenvalue weighted by Crippen LogP contribution is 2.22. The van der Waals surface area contributed by atoms with Gasteiger partial charge in [0.2, 0.25) is 0 Å². The summed E-state index contributed by atoms with van der Waals surface area (Å²) in [6.45, 7) is 6.01. The number of hydrogen-bond acceptors (Lipinski definition) is 2. The van der Waals surface area contributed by atoms with Crippen LogP contribution in [0.3, 0.4) is 0 Å². The van der Waals surface area contributed by atoms with Crippen molar-refractivity contribution >= 4 is 0 Å². The van der Waals surface area contributed by atoms with E-state index in [1.54, 1.807) is 25.5 Å². The van der Waals surface area contributed by atoms with Gasteiger partial charge in [0, 0.05) is 11.7 Å². The maximum atomic E-state index is 13.6. The van der Waals surface area contributed by atoms with Crippen molar-refractivity contribution in [2.24, 2.45) is 11.7 Å². The van der Waals surface area contributed by atoms with Crippen LogP contribution in [0.15, 0.2) is 30.7 Å². The molecule has 0 bridgehead atoms.